The zero-order valence-corrected chi connectivity index (χ0v) is 12.5. The van der Waals surface area contributed by atoms with Crippen molar-refractivity contribution in [1.82, 2.24) is 4.98 Å². The van der Waals surface area contributed by atoms with E-state index in [0.29, 0.717) is 5.02 Å². The Hall–Kier alpha value is -2.07. The fourth-order valence-corrected chi connectivity index (χ4v) is 3.15. The molecule has 0 fully saturated rings. The van der Waals surface area contributed by atoms with Crippen LogP contribution in [0.3, 0.4) is 0 Å². The third kappa shape index (κ3) is 1.98. The molecule has 2 aromatic rings. The van der Waals surface area contributed by atoms with Gasteiger partial charge in [0, 0.05) is 21.7 Å². The highest BCUT2D eigenvalue weighted by Gasteiger charge is 2.38. The molecule has 2 N–H and O–H groups in total. The number of nitrogens with one attached hydrogen (secondary N) is 1. The van der Waals surface area contributed by atoms with Gasteiger partial charge in [-0.2, -0.15) is 0 Å². The van der Waals surface area contributed by atoms with Gasteiger partial charge in [0.2, 0.25) is 5.88 Å². The largest absolute Gasteiger partial charge is 0.493 e. The third-order valence-electron chi connectivity index (χ3n) is 4.51. The second kappa shape index (κ2) is 4.74. The molecule has 2 atom stereocenters. The van der Waals surface area contributed by atoms with E-state index in [1.165, 1.54) is 0 Å². The summed E-state index contributed by atoms with van der Waals surface area (Å²) < 4.78 is 0. The molecule has 3 rings (SSSR count). The molecule has 1 aromatic carbocycles. The van der Waals surface area contributed by atoms with Gasteiger partial charge in [-0.3, -0.25) is 0 Å². The minimum absolute atomic E-state index is 0.0106. The van der Waals surface area contributed by atoms with Crippen LogP contribution in [-0.4, -0.2) is 10.1 Å². The first kappa shape index (κ1) is 13.9. The van der Waals surface area contributed by atoms with E-state index in [1.54, 1.807) is 0 Å². The lowest BCUT2D eigenvalue weighted by molar-refractivity contribution is 0.457. The monoisotopic (exact) mass is 302 g/mol. The minimum atomic E-state index is -0.300. The van der Waals surface area contributed by atoms with Gasteiger partial charge < -0.3 is 10.1 Å². The number of halogens is 1. The Morgan fingerprint density at radius 2 is 2.00 bits per heavy atom. The number of aromatic hydroxyl groups is 1. The molecule has 0 aliphatic heterocycles. The molecular weight excluding hydrogens is 288 g/mol. The van der Waals surface area contributed by atoms with Crippen LogP contribution in [0.4, 0.5) is 5.69 Å². The molecule has 0 amide bonds. The van der Waals surface area contributed by atoms with E-state index < -0.39 is 0 Å². The summed E-state index contributed by atoms with van der Waals surface area (Å²) in [5, 5.41) is 13.5. The van der Waals surface area contributed by atoms with Crippen molar-refractivity contribution in [1.29, 1.82) is 0 Å². The molecule has 0 bridgehead atoms. The average Bonchev–Trinajstić information content (AvgIpc) is 2.80. The zero-order valence-electron chi connectivity index (χ0n) is 11.7. The Balaban J connectivity index is 2.15. The van der Waals surface area contributed by atoms with Gasteiger partial charge in [-0.05, 0) is 34.9 Å². The number of nitrogens with zero attached hydrogens (tertiary/aromatic N) is 1. The van der Waals surface area contributed by atoms with E-state index >= 15 is 0 Å². The molecule has 1 heterocycles. The Labute approximate surface area is 127 Å². The molecule has 1 aromatic heterocycles. The number of H-pyrrole nitrogens is 1. The summed E-state index contributed by atoms with van der Waals surface area (Å²) in [6.07, 6.45) is 3.96. The first-order chi connectivity index (χ1) is 9.97. The summed E-state index contributed by atoms with van der Waals surface area (Å²) in [4.78, 5) is 13.8. The molecule has 21 heavy (non-hydrogen) atoms. The Morgan fingerprint density at radius 3 is 2.62 bits per heavy atom. The van der Waals surface area contributed by atoms with Gasteiger partial charge in [0.15, 0.2) is 5.69 Å². The van der Waals surface area contributed by atoms with E-state index in [-0.39, 0.29) is 22.9 Å². The summed E-state index contributed by atoms with van der Waals surface area (Å²) in [5.41, 5.74) is 2.38. The van der Waals surface area contributed by atoms with Crippen LogP contribution >= 0.6 is 11.6 Å². The van der Waals surface area contributed by atoms with E-state index in [4.69, 9.17) is 11.6 Å². The highest BCUT2D eigenvalue weighted by molar-refractivity contribution is 6.30. The Kier molecular flexibility index (Phi) is 3.14. The van der Waals surface area contributed by atoms with Crippen molar-refractivity contribution in [3.63, 3.8) is 0 Å². The average molecular weight is 303 g/mol. The van der Waals surface area contributed by atoms with Crippen molar-refractivity contribution >= 4 is 23.4 Å². The topological polar surface area (TPSA) is 65.4 Å². The highest BCUT2D eigenvalue weighted by atomic mass is 35.5. The van der Waals surface area contributed by atoms with Crippen LogP contribution in [0.2, 0.25) is 5.02 Å². The Bertz CT molecular complexity index is 733. The summed E-state index contributed by atoms with van der Waals surface area (Å²) in [6.45, 7) is 4.12. The fraction of sp³-hybridized carbons (Fsp3) is 0.250. The number of benzene rings is 1. The molecule has 108 valence electrons. The van der Waals surface area contributed by atoms with Crippen molar-refractivity contribution in [2.75, 3.05) is 0 Å². The summed E-state index contributed by atoms with van der Waals surface area (Å²) in [7, 11) is 0. The second-order valence-electron chi connectivity index (χ2n) is 5.59. The van der Waals surface area contributed by atoms with E-state index in [1.807, 2.05) is 37.3 Å². The van der Waals surface area contributed by atoms with Gasteiger partial charge in [0.25, 0.3) is 0 Å². The molecular formula is C16H15ClN2O2. The first-order valence-corrected chi connectivity index (χ1v) is 7.08. The molecule has 5 heteroatoms. The van der Waals surface area contributed by atoms with E-state index in [2.05, 4.69) is 23.2 Å². The van der Waals surface area contributed by atoms with Crippen molar-refractivity contribution in [2.45, 2.75) is 25.2 Å². The normalized spacial score (nSPS) is 23.9. The number of rotatable bonds is 2. The molecule has 0 spiro atoms. The SMILES string of the molecule is CC1c2c([nH]c(O)c2N=O)C=CC1(C)c1ccc(Cl)cc1. The predicted octanol–water partition coefficient (Wildman–Crippen LogP) is 4.86. The third-order valence-corrected chi connectivity index (χ3v) is 4.76. The molecule has 0 saturated heterocycles. The van der Waals surface area contributed by atoms with Crippen molar-refractivity contribution < 1.29 is 5.11 Å². The number of hydrogen-bond acceptors (Lipinski definition) is 3. The van der Waals surface area contributed by atoms with E-state index in [0.717, 1.165) is 16.8 Å². The Morgan fingerprint density at radius 1 is 1.33 bits per heavy atom. The van der Waals surface area contributed by atoms with Gasteiger partial charge in [-0.25, -0.2) is 0 Å². The molecule has 0 saturated carbocycles. The summed E-state index contributed by atoms with van der Waals surface area (Å²) in [5.74, 6) is -0.185. The maximum absolute atomic E-state index is 11.0. The van der Waals surface area contributed by atoms with Crippen LogP contribution in [0.1, 0.15) is 36.6 Å². The maximum Gasteiger partial charge on any atom is 0.219 e. The van der Waals surface area contributed by atoms with Crippen LogP contribution in [0.5, 0.6) is 5.88 Å². The molecule has 0 radical (unpaired) electrons. The number of aromatic nitrogens is 1. The lowest BCUT2D eigenvalue weighted by Crippen LogP contribution is -2.28. The summed E-state index contributed by atoms with van der Waals surface area (Å²) >= 11 is 5.95. The first-order valence-electron chi connectivity index (χ1n) is 6.71. The molecule has 4 nitrogen and oxygen atoms in total. The lowest BCUT2D eigenvalue weighted by atomic mass is 9.67. The number of fused-ring (bicyclic) bond motifs is 1. The smallest absolute Gasteiger partial charge is 0.219 e. The number of nitroso groups, excluding NO2 is 1. The van der Waals surface area contributed by atoms with E-state index in [9.17, 15) is 10.0 Å². The summed E-state index contributed by atoms with van der Waals surface area (Å²) in [6, 6.07) is 7.67. The highest BCUT2D eigenvalue weighted by Crippen LogP contribution is 2.50. The van der Waals surface area contributed by atoms with Gasteiger partial charge in [-0.1, -0.05) is 43.7 Å². The molecule has 1 aliphatic carbocycles. The van der Waals surface area contributed by atoms with Gasteiger partial charge in [0.05, 0.1) is 0 Å². The van der Waals surface area contributed by atoms with Gasteiger partial charge in [-0.15, -0.1) is 4.91 Å². The maximum atomic E-state index is 11.0. The minimum Gasteiger partial charge on any atom is -0.493 e. The second-order valence-corrected chi connectivity index (χ2v) is 6.02. The number of aromatic amines is 1. The van der Waals surface area contributed by atoms with Crippen LogP contribution in [0.15, 0.2) is 35.5 Å². The van der Waals surface area contributed by atoms with Crippen LogP contribution in [0, 0.1) is 4.91 Å². The van der Waals surface area contributed by atoms with Crippen molar-refractivity contribution in [3.8, 4) is 5.88 Å². The van der Waals surface area contributed by atoms with Crippen LogP contribution < -0.4 is 0 Å². The van der Waals surface area contributed by atoms with Crippen LogP contribution in [-0.2, 0) is 5.41 Å². The molecule has 2 unspecified atom stereocenters. The number of hydrogen-bond donors (Lipinski definition) is 2. The van der Waals surface area contributed by atoms with Crippen molar-refractivity contribution in [2.24, 2.45) is 5.18 Å². The van der Waals surface area contributed by atoms with Gasteiger partial charge >= 0.3 is 0 Å². The van der Waals surface area contributed by atoms with Gasteiger partial charge in [0.1, 0.15) is 0 Å². The molecule has 1 aliphatic rings. The quantitative estimate of drug-likeness (QED) is 0.778. The van der Waals surface area contributed by atoms with Crippen LogP contribution in [0.25, 0.3) is 6.08 Å². The fourth-order valence-electron chi connectivity index (χ4n) is 3.03. The lowest BCUT2D eigenvalue weighted by Gasteiger charge is -2.36. The van der Waals surface area contributed by atoms with Crippen molar-refractivity contribution in [3.05, 3.63) is 57.1 Å². The predicted molar refractivity (Wildman–Crippen MR) is 84.2 cm³/mol. The standard InChI is InChI=1S/C16H15ClN2O2/c1-9-13-12(18-15(20)14(13)19-21)7-8-16(9,2)10-3-5-11(17)6-4-10/h3-9,18,20H,1-2H3. The zero-order chi connectivity index (χ0) is 15.2. The number of allylic oxidation sites excluding steroid dienone is 1.